The summed E-state index contributed by atoms with van der Waals surface area (Å²) in [5, 5.41) is 4.42. The zero-order chi connectivity index (χ0) is 13.7. The van der Waals surface area contributed by atoms with Crippen LogP contribution < -0.4 is 11.1 Å². The first-order valence-corrected chi connectivity index (χ1v) is 7.53. The average molecular weight is 287 g/mol. The lowest BCUT2D eigenvalue weighted by Gasteiger charge is -2.43. The molecular weight excluding hydrogens is 270 g/mol. The van der Waals surface area contributed by atoms with Gasteiger partial charge in [-0.3, -0.25) is 0 Å². The first kappa shape index (κ1) is 12.1. The highest BCUT2D eigenvalue weighted by molar-refractivity contribution is 7.80. The van der Waals surface area contributed by atoms with E-state index in [0.717, 1.165) is 28.3 Å². The van der Waals surface area contributed by atoms with E-state index in [0.29, 0.717) is 5.95 Å². The molecule has 104 valence electrons. The van der Waals surface area contributed by atoms with Crippen molar-refractivity contribution < 1.29 is 0 Å². The van der Waals surface area contributed by atoms with Gasteiger partial charge in [-0.05, 0) is 18.9 Å². The molecule has 0 radical (unpaired) electrons. The third-order valence-corrected chi connectivity index (χ3v) is 4.98. The van der Waals surface area contributed by atoms with E-state index < -0.39 is 0 Å². The van der Waals surface area contributed by atoms with Crippen molar-refractivity contribution in [2.75, 3.05) is 12.3 Å². The molecule has 1 saturated carbocycles. The molecule has 2 aromatic rings. The molecule has 0 aromatic carbocycles. The van der Waals surface area contributed by atoms with Crippen LogP contribution in [0.3, 0.4) is 0 Å². The second-order valence-corrected chi connectivity index (χ2v) is 6.25. The monoisotopic (exact) mass is 287 g/mol. The topological polar surface area (TPSA) is 68.8 Å². The summed E-state index contributed by atoms with van der Waals surface area (Å²) in [5.74, 6) is 0.328. The van der Waals surface area contributed by atoms with Gasteiger partial charge in [0.25, 0.3) is 0 Å². The van der Waals surface area contributed by atoms with E-state index in [2.05, 4.69) is 25.9 Å². The maximum absolute atomic E-state index is 5.78. The van der Waals surface area contributed by atoms with Gasteiger partial charge >= 0.3 is 0 Å². The third kappa shape index (κ3) is 1.57. The minimum absolute atomic E-state index is 0.0957. The van der Waals surface area contributed by atoms with E-state index in [9.17, 15) is 0 Å². The molecule has 3 heterocycles. The van der Waals surface area contributed by atoms with Crippen molar-refractivity contribution in [3.8, 4) is 0 Å². The lowest BCUT2D eigenvalue weighted by Crippen LogP contribution is -2.52. The highest BCUT2D eigenvalue weighted by Crippen LogP contribution is 2.40. The quantitative estimate of drug-likeness (QED) is 0.725. The van der Waals surface area contributed by atoms with Crippen LogP contribution in [0.4, 0.5) is 5.95 Å². The number of nitrogen functional groups attached to an aromatic ring is 1. The van der Waals surface area contributed by atoms with E-state index in [1.54, 1.807) is 6.20 Å². The van der Waals surface area contributed by atoms with Crippen LogP contribution in [0.2, 0.25) is 0 Å². The van der Waals surface area contributed by atoms with Gasteiger partial charge in [0.15, 0.2) is 0 Å². The molecule has 2 aromatic heterocycles. The van der Waals surface area contributed by atoms with Crippen molar-refractivity contribution in [1.29, 1.82) is 0 Å². The molecule has 1 aliphatic carbocycles. The Labute approximate surface area is 122 Å². The Morgan fingerprint density at radius 2 is 2.10 bits per heavy atom. The molecule has 2 aliphatic rings. The third-order valence-electron chi connectivity index (χ3n) is 4.63. The first-order chi connectivity index (χ1) is 9.70. The largest absolute Gasteiger partial charge is 0.372 e. The maximum atomic E-state index is 5.78. The number of thiocarbonyl (C=S) groups is 1. The molecule has 0 atom stereocenters. The highest BCUT2D eigenvalue weighted by atomic mass is 32.1. The number of rotatable bonds is 0. The van der Waals surface area contributed by atoms with Crippen molar-refractivity contribution >= 4 is 34.2 Å². The fourth-order valence-corrected chi connectivity index (χ4v) is 3.90. The molecule has 3 N–H and O–H groups in total. The number of fused-ring (bicyclic) bond motifs is 4. The summed E-state index contributed by atoms with van der Waals surface area (Å²) in [6.07, 6.45) is 7.97. The van der Waals surface area contributed by atoms with Gasteiger partial charge in [0, 0.05) is 18.1 Å². The number of hydrogen-bond acceptors (Lipinski definition) is 4. The molecule has 0 saturated heterocycles. The van der Waals surface area contributed by atoms with Gasteiger partial charge < -0.3 is 15.6 Å². The summed E-state index contributed by atoms with van der Waals surface area (Å²) < 4.78 is 2.33. The zero-order valence-electron chi connectivity index (χ0n) is 11.2. The van der Waals surface area contributed by atoms with Gasteiger partial charge in [-0.1, -0.05) is 31.5 Å². The standard InChI is InChI=1S/C14H17N5S/c15-13-16-7-9-6-10-12(20)17-8-14(4-2-1-3-5-14)19(10)11(9)18-13/h6-7H,1-5,8H2,(H,17,20)(H2,15,16,18). The van der Waals surface area contributed by atoms with Crippen LogP contribution in [0.15, 0.2) is 12.3 Å². The summed E-state index contributed by atoms with van der Waals surface area (Å²) in [7, 11) is 0. The number of anilines is 1. The van der Waals surface area contributed by atoms with Crippen molar-refractivity contribution in [2.24, 2.45) is 0 Å². The predicted molar refractivity (Wildman–Crippen MR) is 82.7 cm³/mol. The van der Waals surface area contributed by atoms with Crippen LogP contribution in [0.5, 0.6) is 0 Å². The minimum Gasteiger partial charge on any atom is -0.372 e. The Morgan fingerprint density at radius 3 is 2.90 bits per heavy atom. The SMILES string of the molecule is Nc1ncc2cc3n(c2n1)C1(CCCCC1)CNC3=S. The second-order valence-electron chi connectivity index (χ2n) is 5.84. The van der Waals surface area contributed by atoms with Gasteiger partial charge in [-0.2, -0.15) is 4.98 Å². The lowest BCUT2D eigenvalue weighted by atomic mass is 9.80. The van der Waals surface area contributed by atoms with E-state index in [1.165, 1.54) is 32.1 Å². The Morgan fingerprint density at radius 1 is 1.30 bits per heavy atom. The summed E-state index contributed by atoms with van der Waals surface area (Å²) in [5.41, 5.74) is 7.87. The van der Waals surface area contributed by atoms with Crippen molar-refractivity contribution in [3.05, 3.63) is 18.0 Å². The van der Waals surface area contributed by atoms with Crippen LogP contribution in [0.25, 0.3) is 11.0 Å². The smallest absolute Gasteiger partial charge is 0.221 e. The zero-order valence-corrected chi connectivity index (χ0v) is 12.0. The van der Waals surface area contributed by atoms with Crippen molar-refractivity contribution in [3.63, 3.8) is 0 Å². The Bertz CT molecular complexity index is 699. The van der Waals surface area contributed by atoms with Gasteiger partial charge in [0.1, 0.15) is 10.6 Å². The van der Waals surface area contributed by atoms with Crippen LogP contribution in [-0.4, -0.2) is 26.1 Å². The Kier molecular flexibility index (Phi) is 2.51. The van der Waals surface area contributed by atoms with Crippen molar-refractivity contribution in [2.45, 2.75) is 37.6 Å². The highest BCUT2D eigenvalue weighted by Gasteiger charge is 2.40. The van der Waals surface area contributed by atoms with Crippen LogP contribution in [0.1, 0.15) is 37.8 Å². The first-order valence-electron chi connectivity index (χ1n) is 7.12. The average Bonchev–Trinajstić information content (AvgIpc) is 2.85. The number of nitrogens with zero attached hydrogens (tertiary/aromatic N) is 3. The van der Waals surface area contributed by atoms with Gasteiger partial charge in [-0.25, -0.2) is 4.98 Å². The molecule has 1 spiro atoms. The fraction of sp³-hybridized carbons (Fsp3) is 0.500. The Hall–Kier alpha value is -1.69. The Balaban J connectivity index is 2.01. The molecular formula is C14H17N5S. The summed E-state index contributed by atoms with van der Waals surface area (Å²) in [4.78, 5) is 9.38. The summed E-state index contributed by atoms with van der Waals surface area (Å²) in [6.45, 7) is 0.895. The summed E-state index contributed by atoms with van der Waals surface area (Å²) >= 11 is 5.48. The van der Waals surface area contributed by atoms with Crippen LogP contribution >= 0.6 is 12.2 Å². The van der Waals surface area contributed by atoms with Crippen LogP contribution in [-0.2, 0) is 5.54 Å². The van der Waals surface area contributed by atoms with Gasteiger partial charge in [-0.15, -0.1) is 0 Å². The maximum Gasteiger partial charge on any atom is 0.221 e. The van der Waals surface area contributed by atoms with Gasteiger partial charge in [0.05, 0.1) is 11.2 Å². The van der Waals surface area contributed by atoms with E-state index in [4.69, 9.17) is 18.0 Å². The number of nitrogens with two attached hydrogens (primary N) is 1. The molecule has 1 aliphatic heterocycles. The molecule has 0 bridgehead atoms. The molecule has 4 rings (SSSR count). The van der Waals surface area contributed by atoms with E-state index in [1.807, 2.05) is 0 Å². The molecule has 6 heteroatoms. The summed E-state index contributed by atoms with van der Waals surface area (Å²) in [6, 6.07) is 2.08. The van der Waals surface area contributed by atoms with E-state index in [-0.39, 0.29) is 5.54 Å². The molecule has 20 heavy (non-hydrogen) atoms. The molecule has 1 fully saturated rings. The molecule has 5 nitrogen and oxygen atoms in total. The van der Waals surface area contributed by atoms with E-state index >= 15 is 0 Å². The molecule has 0 unspecified atom stereocenters. The fourth-order valence-electron chi connectivity index (χ4n) is 3.67. The minimum atomic E-state index is 0.0957. The van der Waals surface area contributed by atoms with Crippen molar-refractivity contribution in [1.82, 2.24) is 19.9 Å². The number of nitrogens with one attached hydrogen (secondary N) is 1. The van der Waals surface area contributed by atoms with Gasteiger partial charge in [0.2, 0.25) is 5.95 Å². The normalized spacial score (nSPS) is 20.9. The van der Waals surface area contributed by atoms with Crippen LogP contribution in [0, 0.1) is 0 Å². The second kappa shape index (κ2) is 4.15. The molecule has 0 amide bonds. The number of hydrogen-bond donors (Lipinski definition) is 2. The predicted octanol–water partition coefficient (Wildman–Crippen LogP) is 1.95. The number of aromatic nitrogens is 3. The lowest BCUT2D eigenvalue weighted by molar-refractivity contribution is 0.193.